The van der Waals surface area contributed by atoms with E-state index < -0.39 is 6.16 Å². The van der Waals surface area contributed by atoms with Crippen molar-refractivity contribution < 1.29 is 14.3 Å². The highest BCUT2D eigenvalue weighted by Gasteiger charge is 2.13. The van der Waals surface area contributed by atoms with Crippen molar-refractivity contribution in [3.63, 3.8) is 0 Å². The molecule has 0 aliphatic carbocycles. The average molecular weight is 318 g/mol. The number of rotatable bonds is 4. The molecule has 0 N–H and O–H groups in total. The normalized spacial score (nSPS) is 10.2. The van der Waals surface area contributed by atoms with Crippen LogP contribution in [-0.4, -0.2) is 6.16 Å². The molecule has 0 spiro atoms. The third-order valence-electron chi connectivity index (χ3n) is 3.71. The standard InChI is InChI=1S/C21H18O3/c1-2-16-10-6-8-14-19(16)23-21(22)24-20-15-9-7-13-18(20)17-11-4-3-5-12-17/h3-15H,2H2,1H3. The van der Waals surface area contributed by atoms with E-state index in [1.807, 2.05) is 73.7 Å². The molecule has 24 heavy (non-hydrogen) atoms. The lowest BCUT2D eigenvalue weighted by molar-refractivity contribution is 0.151. The molecular formula is C21H18O3. The van der Waals surface area contributed by atoms with Crippen LogP contribution in [0.5, 0.6) is 11.5 Å². The van der Waals surface area contributed by atoms with Gasteiger partial charge in [0.05, 0.1) is 0 Å². The van der Waals surface area contributed by atoms with Crippen molar-refractivity contribution in [2.45, 2.75) is 13.3 Å². The summed E-state index contributed by atoms with van der Waals surface area (Å²) in [6, 6.07) is 24.6. The van der Waals surface area contributed by atoms with Gasteiger partial charge in [-0.05, 0) is 29.7 Å². The van der Waals surface area contributed by atoms with Crippen LogP contribution in [0.2, 0.25) is 0 Å². The zero-order chi connectivity index (χ0) is 16.8. The zero-order valence-electron chi connectivity index (χ0n) is 13.4. The van der Waals surface area contributed by atoms with E-state index >= 15 is 0 Å². The molecule has 3 nitrogen and oxygen atoms in total. The highest BCUT2D eigenvalue weighted by molar-refractivity contribution is 5.75. The van der Waals surface area contributed by atoms with Gasteiger partial charge in [0, 0.05) is 5.56 Å². The van der Waals surface area contributed by atoms with Crippen LogP contribution >= 0.6 is 0 Å². The maximum atomic E-state index is 12.2. The molecule has 0 aliphatic rings. The van der Waals surface area contributed by atoms with Gasteiger partial charge in [-0.15, -0.1) is 0 Å². The van der Waals surface area contributed by atoms with Gasteiger partial charge in [0.25, 0.3) is 0 Å². The van der Waals surface area contributed by atoms with E-state index in [1.54, 1.807) is 12.1 Å². The zero-order valence-corrected chi connectivity index (χ0v) is 13.4. The second kappa shape index (κ2) is 7.47. The predicted octanol–water partition coefficient (Wildman–Crippen LogP) is 5.49. The van der Waals surface area contributed by atoms with E-state index in [0.29, 0.717) is 11.5 Å². The largest absolute Gasteiger partial charge is 0.519 e. The summed E-state index contributed by atoms with van der Waals surface area (Å²) < 4.78 is 10.8. The molecule has 0 saturated heterocycles. The first-order valence-corrected chi connectivity index (χ1v) is 7.90. The fourth-order valence-electron chi connectivity index (χ4n) is 2.51. The monoisotopic (exact) mass is 318 g/mol. The molecular weight excluding hydrogens is 300 g/mol. The quantitative estimate of drug-likeness (QED) is 0.471. The second-order valence-corrected chi connectivity index (χ2v) is 5.28. The van der Waals surface area contributed by atoms with Crippen LogP contribution in [0.3, 0.4) is 0 Å². The first-order valence-electron chi connectivity index (χ1n) is 7.90. The predicted molar refractivity (Wildman–Crippen MR) is 94.4 cm³/mol. The molecule has 0 aromatic heterocycles. The molecule has 0 atom stereocenters. The van der Waals surface area contributed by atoms with Gasteiger partial charge in [-0.1, -0.05) is 73.7 Å². The SMILES string of the molecule is CCc1ccccc1OC(=O)Oc1ccccc1-c1ccccc1. The molecule has 0 aliphatic heterocycles. The highest BCUT2D eigenvalue weighted by Crippen LogP contribution is 2.30. The van der Waals surface area contributed by atoms with E-state index in [4.69, 9.17) is 9.47 Å². The van der Waals surface area contributed by atoms with Gasteiger partial charge >= 0.3 is 6.16 Å². The van der Waals surface area contributed by atoms with Gasteiger partial charge in [-0.25, -0.2) is 4.79 Å². The number of benzene rings is 3. The van der Waals surface area contributed by atoms with E-state index in [1.165, 1.54) is 0 Å². The average Bonchev–Trinajstić information content (AvgIpc) is 2.63. The lowest BCUT2D eigenvalue weighted by Crippen LogP contribution is -2.15. The Morgan fingerprint density at radius 3 is 2.08 bits per heavy atom. The summed E-state index contributed by atoms with van der Waals surface area (Å²) in [7, 11) is 0. The first-order chi connectivity index (χ1) is 11.8. The Morgan fingerprint density at radius 1 is 0.750 bits per heavy atom. The Kier molecular flexibility index (Phi) is 4.92. The van der Waals surface area contributed by atoms with Crippen molar-refractivity contribution in [2.75, 3.05) is 0 Å². The van der Waals surface area contributed by atoms with E-state index in [9.17, 15) is 4.79 Å². The molecule has 0 heterocycles. The minimum Gasteiger partial charge on any atom is -0.394 e. The topological polar surface area (TPSA) is 35.5 Å². The number of para-hydroxylation sites is 2. The van der Waals surface area contributed by atoms with Crippen LogP contribution in [0.4, 0.5) is 4.79 Å². The molecule has 0 saturated carbocycles. The van der Waals surface area contributed by atoms with Gasteiger partial charge in [-0.3, -0.25) is 0 Å². The lowest BCUT2D eigenvalue weighted by Gasteiger charge is -2.11. The maximum absolute atomic E-state index is 12.2. The van der Waals surface area contributed by atoms with Gasteiger partial charge in [0.1, 0.15) is 11.5 Å². The fourth-order valence-corrected chi connectivity index (χ4v) is 2.51. The molecule has 3 heteroatoms. The molecule has 3 aromatic rings. The molecule has 0 fully saturated rings. The van der Waals surface area contributed by atoms with Crippen LogP contribution < -0.4 is 9.47 Å². The van der Waals surface area contributed by atoms with Gasteiger partial charge in [0.15, 0.2) is 0 Å². The van der Waals surface area contributed by atoms with Gasteiger partial charge < -0.3 is 9.47 Å². The van der Waals surface area contributed by atoms with Crippen LogP contribution in [0.1, 0.15) is 12.5 Å². The van der Waals surface area contributed by atoms with Crippen molar-refractivity contribution in [1.82, 2.24) is 0 Å². The Morgan fingerprint density at radius 2 is 1.33 bits per heavy atom. The van der Waals surface area contributed by atoms with Crippen molar-refractivity contribution in [1.29, 1.82) is 0 Å². The van der Waals surface area contributed by atoms with Crippen LogP contribution in [0, 0.1) is 0 Å². The van der Waals surface area contributed by atoms with Gasteiger partial charge in [0.2, 0.25) is 0 Å². The summed E-state index contributed by atoms with van der Waals surface area (Å²) in [6.45, 7) is 2.01. The lowest BCUT2D eigenvalue weighted by atomic mass is 10.1. The summed E-state index contributed by atoms with van der Waals surface area (Å²) in [6.07, 6.45) is 0.0450. The van der Waals surface area contributed by atoms with Crippen molar-refractivity contribution in [3.8, 4) is 22.6 Å². The third-order valence-corrected chi connectivity index (χ3v) is 3.71. The number of ether oxygens (including phenoxy) is 2. The van der Waals surface area contributed by atoms with Crippen molar-refractivity contribution >= 4 is 6.16 Å². The summed E-state index contributed by atoms with van der Waals surface area (Å²) in [5, 5.41) is 0. The molecule has 0 amide bonds. The molecule has 120 valence electrons. The Labute approximate surface area is 141 Å². The molecule has 0 bridgehead atoms. The Bertz CT molecular complexity index is 825. The van der Waals surface area contributed by atoms with E-state index in [2.05, 4.69) is 0 Å². The van der Waals surface area contributed by atoms with Crippen LogP contribution in [0.25, 0.3) is 11.1 Å². The Balaban J connectivity index is 1.80. The molecule has 3 aromatic carbocycles. The number of aryl methyl sites for hydroxylation is 1. The van der Waals surface area contributed by atoms with E-state index in [0.717, 1.165) is 23.1 Å². The molecule has 3 rings (SSSR count). The maximum Gasteiger partial charge on any atom is 0.519 e. The number of hydrogen-bond acceptors (Lipinski definition) is 3. The molecule has 0 unspecified atom stereocenters. The second-order valence-electron chi connectivity index (χ2n) is 5.28. The Hall–Kier alpha value is -3.07. The smallest absolute Gasteiger partial charge is 0.394 e. The minimum atomic E-state index is -0.737. The van der Waals surface area contributed by atoms with Crippen molar-refractivity contribution in [3.05, 3.63) is 84.4 Å². The van der Waals surface area contributed by atoms with Crippen LogP contribution in [0.15, 0.2) is 78.9 Å². The first kappa shape index (κ1) is 15.8. The van der Waals surface area contributed by atoms with Crippen molar-refractivity contribution in [2.24, 2.45) is 0 Å². The minimum absolute atomic E-state index is 0.475. The summed E-state index contributed by atoms with van der Waals surface area (Å²) >= 11 is 0. The van der Waals surface area contributed by atoms with E-state index in [-0.39, 0.29) is 0 Å². The highest BCUT2D eigenvalue weighted by atomic mass is 16.7. The molecule has 0 radical (unpaired) electrons. The number of hydrogen-bond donors (Lipinski definition) is 0. The van der Waals surface area contributed by atoms with Crippen LogP contribution in [-0.2, 0) is 6.42 Å². The third kappa shape index (κ3) is 3.63. The van der Waals surface area contributed by atoms with Gasteiger partial charge in [-0.2, -0.15) is 0 Å². The number of carbonyl (C=O) groups excluding carboxylic acids is 1. The number of carbonyl (C=O) groups is 1. The summed E-state index contributed by atoms with van der Waals surface area (Å²) in [5.74, 6) is 1.00. The fraction of sp³-hybridized carbons (Fsp3) is 0.0952. The summed E-state index contributed by atoms with van der Waals surface area (Å²) in [5.41, 5.74) is 2.79. The summed E-state index contributed by atoms with van der Waals surface area (Å²) in [4.78, 5) is 12.2.